The largest absolute Gasteiger partial charge is 0.465 e. The van der Waals surface area contributed by atoms with Crippen LogP contribution in [0.1, 0.15) is 31.1 Å². The standard InChI is InChI=1S/C20H16N2O4S/c1-26-20(25)13-6-8-15(9-7-13)21-19(24)16-4-2-3-5-17(16)22-18(23)14-10-11-27-12-14/h2-12H,1H3,(H,21,24)(H,22,23). The molecular formula is C20H16N2O4S. The van der Waals surface area contributed by atoms with E-state index in [1.807, 2.05) is 5.38 Å². The van der Waals surface area contributed by atoms with Gasteiger partial charge in [-0.2, -0.15) is 11.3 Å². The van der Waals surface area contributed by atoms with E-state index in [1.54, 1.807) is 60.0 Å². The van der Waals surface area contributed by atoms with Crippen molar-refractivity contribution in [2.24, 2.45) is 0 Å². The first kappa shape index (κ1) is 18.3. The van der Waals surface area contributed by atoms with E-state index in [2.05, 4.69) is 15.4 Å². The van der Waals surface area contributed by atoms with Gasteiger partial charge in [0.1, 0.15) is 0 Å². The molecule has 0 radical (unpaired) electrons. The molecule has 2 amide bonds. The van der Waals surface area contributed by atoms with E-state index >= 15 is 0 Å². The molecule has 1 aromatic heterocycles. The molecule has 0 spiro atoms. The third-order valence-electron chi connectivity index (χ3n) is 3.77. The summed E-state index contributed by atoms with van der Waals surface area (Å²) in [6, 6.07) is 14.8. The van der Waals surface area contributed by atoms with Gasteiger partial charge in [0.05, 0.1) is 29.5 Å². The molecule has 3 aromatic rings. The lowest BCUT2D eigenvalue weighted by Crippen LogP contribution is -2.18. The lowest BCUT2D eigenvalue weighted by Gasteiger charge is -2.11. The van der Waals surface area contributed by atoms with Gasteiger partial charge in [-0.15, -0.1) is 0 Å². The van der Waals surface area contributed by atoms with Crippen molar-refractivity contribution in [2.45, 2.75) is 0 Å². The Hall–Kier alpha value is -3.45. The minimum atomic E-state index is -0.450. The molecule has 0 aliphatic rings. The van der Waals surface area contributed by atoms with E-state index in [1.165, 1.54) is 18.4 Å². The molecule has 0 aliphatic heterocycles. The first-order valence-electron chi connectivity index (χ1n) is 8.01. The Labute approximate surface area is 159 Å². The predicted molar refractivity (Wildman–Crippen MR) is 104 cm³/mol. The van der Waals surface area contributed by atoms with Crippen LogP contribution in [0.25, 0.3) is 0 Å². The van der Waals surface area contributed by atoms with E-state index in [9.17, 15) is 14.4 Å². The van der Waals surface area contributed by atoms with Crippen LogP contribution >= 0.6 is 11.3 Å². The van der Waals surface area contributed by atoms with Crippen molar-refractivity contribution in [3.8, 4) is 0 Å². The van der Waals surface area contributed by atoms with Gasteiger partial charge >= 0.3 is 5.97 Å². The van der Waals surface area contributed by atoms with Gasteiger partial charge in [-0.1, -0.05) is 12.1 Å². The lowest BCUT2D eigenvalue weighted by atomic mass is 10.1. The smallest absolute Gasteiger partial charge is 0.337 e. The topological polar surface area (TPSA) is 84.5 Å². The zero-order chi connectivity index (χ0) is 19.2. The number of rotatable bonds is 5. The fourth-order valence-electron chi connectivity index (χ4n) is 2.38. The maximum Gasteiger partial charge on any atom is 0.337 e. The summed E-state index contributed by atoms with van der Waals surface area (Å²) in [7, 11) is 1.30. The van der Waals surface area contributed by atoms with Gasteiger partial charge in [0.25, 0.3) is 11.8 Å². The molecule has 136 valence electrons. The van der Waals surface area contributed by atoms with E-state index in [0.717, 1.165) is 0 Å². The van der Waals surface area contributed by atoms with Crippen molar-refractivity contribution in [1.29, 1.82) is 0 Å². The van der Waals surface area contributed by atoms with Gasteiger partial charge in [0, 0.05) is 11.1 Å². The van der Waals surface area contributed by atoms with E-state index in [4.69, 9.17) is 0 Å². The number of hydrogen-bond acceptors (Lipinski definition) is 5. The molecule has 3 rings (SSSR count). The summed E-state index contributed by atoms with van der Waals surface area (Å²) in [6.07, 6.45) is 0. The fourth-order valence-corrected chi connectivity index (χ4v) is 3.02. The zero-order valence-corrected chi connectivity index (χ0v) is 15.2. The van der Waals surface area contributed by atoms with Crippen LogP contribution in [0, 0.1) is 0 Å². The first-order valence-corrected chi connectivity index (χ1v) is 8.95. The molecule has 0 fully saturated rings. The lowest BCUT2D eigenvalue weighted by molar-refractivity contribution is 0.0600. The van der Waals surface area contributed by atoms with E-state index < -0.39 is 5.97 Å². The Kier molecular flexibility index (Phi) is 5.63. The minimum absolute atomic E-state index is 0.279. The molecule has 0 saturated carbocycles. The number of para-hydroxylation sites is 1. The summed E-state index contributed by atoms with van der Waals surface area (Å²) in [4.78, 5) is 36.3. The number of nitrogens with one attached hydrogen (secondary N) is 2. The molecule has 2 aromatic carbocycles. The van der Waals surface area contributed by atoms with Crippen molar-refractivity contribution in [1.82, 2.24) is 0 Å². The van der Waals surface area contributed by atoms with Crippen LogP contribution in [0.3, 0.4) is 0 Å². The number of thiophene rings is 1. The second-order valence-corrected chi connectivity index (χ2v) is 6.31. The van der Waals surface area contributed by atoms with Crippen LogP contribution in [0.2, 0.25) is 0 Å². The Morgan fingerprint density at radius 1 is 0.852 bits per heavy atom. The number of carbonyl (C=O) groups is 3. The summed E-state index contributed by atoms with van der Waals surface area (Å²) < 4.78 is 4.64. The Balaban J connectivity index is 1.75. The Morgan fingerprint density at radius 3 is 2.26 bits per heavy atom. The predicted octanol–water partition coefficient (Wildman–Crippen LogP) is 4.04. The van der Waals surface area contributed by atoms with Gasteiger partial charge < -0.3 is 15.4 Å². The van der Waals surface area contributed by atoms with Crippen molar-refractivity contribution in [2.75, 3.05) is 17.7 Å². The van der Waals surface area contributed by atoms with Crippen molar-refractivity contribution in [3.05, 3.63) is 82.0 Å². The summed E-state index contributed by atoms with van der Waals surface area (Å²) >= 11 is 1.42. The molecule has 0 atom stereocenters. The molecule has 0 saturated heterocycles. The Morgan fingerprint density at radius 2 is 1.59 bits per heavy atom. The second kappa shape index (κ2) is 8.29. The molecule has 27 heavy (non-hydrogen) atoms. The molecule has 1 heterocycles. The number of carbonyl (C=O) groups excluding carboxylic acids is 3. The Bertz CT molecular complexity index is 966. The number of hydrogen-bond donors (Lipinski definition) is 2. The highest BCUT2D eigenvalue weighted by atomic mass is 32.1. The SMILES string of the molecule is COC(=O)c1ccc(NC(=O)c2ccccc2NC(=O)c2ccsc2)cc1. The molecule has 0 aliphatic carbocycles. The summed E-state index contributed by atoms with van der Waals surface area (Å²) in [5.41, 5.74) is 2.19. The van der Waals surface area contributed by atoms with E-state index in [-0.39, 0.29) is 11.8 Å². The number of ether oxygens (including phenoxy) is 1. The average molecular weight is 380 g/mol. The average Bonchev–Trinajstić information content (AvgIpc) is 3.23. The van der Waals surface area contributed by atoms with Crippen LogP contribution in [0.4, 0.5) is 11.4 Å². The maximum absolute atomic E-state index is 12.6. The van der Waals surface area contributed by atoms with Gasteiger partial charge in [-0.3, -0.25) is 9.59 Å². The second-order valence-electron chi connectivity index (χ2n) is 5.53. The van der Waals surface area contributed by atoms with Crippen LogP contribution in [-0.2, 0) is 4.74 Å². The minimum Gasteiger partial charge on any atom is -0.465 e. The van der Waals surface area contributed by atoms with Crippen molar-refractivity contribution >= 4 is 40.5 Å². The van der Waals surface area contributed by atoms with Crippen molar-refractivity contribution in [3.63, 3.8) is 0 Å². The van der Waals surface area contributed by atoms with Crippen LogP contribution in [-0.4, -0.2) is 24.9 Å². The van der Waals surface area contributed by atoms with Crippen molar-refractivity contribution < 1.29 is 19.1 Å². The molecule has 2 N–H and O–H groups in total. The quantitative estimate of drug-likeness (QED) is 0.654. The molecule has 7 heteroatoms. The molecule has 0 unspecified atom stereocenters. The fraction of sp³-hybridized carbons (Fsp3) is 0.0500. The van der Waals surface area contributed by atoms with Gasteiger partial charge in [-0.05, 0) is 47.8 Å². The number of methoxy groups -OCH3 is 1. The van der Waals surface area contributed by atoms with Crippen LogP contribution in [0.5, 0.6) is 0 Å². The van der Waals surface area contributed by atoms with Gasteiger partial charge in [0.2, 0.25) is 0 Å². The molecule has 6 nitrogen and oxygen atoms in total. The summed E-state index contributed by atoms with van der Waals surface area (Å²) in [6.45, 7) is 0. The molecular weight excluding hydrogens is 364 g/mol. The highest BCUT2D eigenvalue weighted by Gasteiger charge is 2.15. The van der Waals surface area contributed by atoms with Gasteiger partial charge in [-0.25, -0.2) is 4.79 Å². The number of anilines is 2. The highest BCUT2D eigenvalue weighted by Crippen LogP contribution is 2.19. The number of benzene rings is 2. The third kappa shape index (κ3) is 4.39. The maximum atomic E-state index is 12.6. The van der Waals surface area contributed by atoms with E-state index in [0.29, 0.717) is 28.1 Å². The highest BCUT2D eigenvalue weighted by molar-refractivity contribution is 7.08. The van der Waals surface area contributed by atoms with Crippen LogP contribution < -0.4 is 10.6 Å². The third-order valence-corrected chi connectivity index (χ3v) is 4.45. The summed E-state index contributed by atoms with van der Waals surface area (Å²) in [5, 5.41) is 9.06. The normalized spacial score (nSPS) is 10.1. The first-order chi connectivity index (χ1) is 13.1. The zero-order valence-electron chi connectivity index (χ0n) is 14.4. The van der Waals surface area contributed by atoms with Gasteiger partial charge in [0.15, 0.2) is 0 Å². The number of esters is 1. The number of amides is 2. The summed E-state index contributed by atoms with van der Waals surface area (Å²) in [5.74, 6) is -1.10. The monoisotopic (exact) mass is 380 g/mol. The molecule has 0 bridgehead atoms. The van der Waals surface area contributed by atoms with Crippen LogP contribution in [0.15, 0.2) is 65.4 Å².